The summed E-state index contributed by atoms with van der Waals surface area (Å²) in [6.07, 6.45) is 0. The lowest BCUT2D eigenvalue weighted by molar-refractivity contribution is -0.402. The first kappa shape index (κ1) is 17.2. The summed E-state index contributed by atoms with van der Waals surface area (Å²) in [4.78, 5) is 35.9. The van der Waals surface area contributed by atoms with Crippen LogP contribution in [-0.4, -0.2) is 34.7 Å². The van der Waals surface area contributed by atoms with Gasteiger partial charge in [-0.25, -0.2) is 0 Å². The second-order valence-corrected chi connectivity index (χ2v) is 4.91. The molecule has 0 bridgehead atoms. The number of carbonyl (C=O) groups is 2. The molecule has 1 N–H and O–H groups in total. The molecule has 0 fully saturated rings. The number of rotatable bonds is 6. The molecular formula is C16H17N3O5. The Labute approximate surface area is 138 Å². The van der Waals surface area contributed by atoms with Gasteiger partial charge in [-0.1, -0.05) is 6.07 Å². The van der Waals surface area contributed by atoms with E-state index in [1.165, 1.54) is 6.07 Å². The highest BCUT2D eigenvalue weighted by Crippen LogP contribution is 2.18. The van der Waals surface area contributed by atoms with Crippen molar-refractivity contribution in [1.82, 2.24) is 4.90 Å². The Morgan fingerprint density at radius 1 is 1.21 bits per heavy atom. The quantitative estimate of drug-likeness (QED) is 0.647. The van der Waals surface area contributed by atoms with Gasteiger partial charge in [0, 0.05) is 24.3 Å². The molecule has 2 aromatic rings. The van der Waals surface area contributed by atoms with Gasteiger partial charge in [-0.2, -0.15) is 0 Å². The number of nitrogens with one attached hydrogen (secondary N) is 1. The van der Waals surface area contributed by atoms with Gasteiger partial charge in [-0.15, -0.1) is 0 Å². The number of furan rings is 1. The molecule has 0 aliphatic heterocycles. The van der Waals surface area contributed by atoms with Crippen LogP contribution in [0.4, 0.5) is 11.6 Å². The van der Waals surface area contributed by atoms with Crippen molar-refractivity contribution >= 4 is 23.4 Å². The van der Waals surface area contributed by atoms with Crippen molar-refractivity contribution in [3.63, 3.8) is 0 Å². The Morgan fingerprint density at radius 2 is 1.92 bits per heavy atom. The Balaban J connectivity index is 2.15. The van der Waals surface area contributed by atoms with E-state index in [-0.39, 0.29) is 11.7 Å². The van der Waals surface area contributed by atoms with Crippen LogP contribution in [0.2, 0.25) is 0 Å². The van der Waals surface area contributed by atoms with Gasteiger partial charge in [0.25, 0.3) is 11.8 Å². The largest absolute Gasteiger partial charge is 0.433 e. The van der Waals surface area contributed by atoms with Crippen LogP contribution < -0.4 is 5.32 Å². The van der Waals surface area contributed by atoms with Crippen LogP contribution in [0.3, 0.4) is 0 Å². The van der Waals surface area contributed by atoms with E-state index in [9.17, 15) is 19.7 Å². The number of anilines is 1. The lowest BCUT2D eigenvalue weighted by Crippen LogP contribution is -2.30. The SMILES string of the molecule is CCN(CC)C(=O)c1cccc(NC(=O)c2ccc([N+](=O)[O-])o2)c1. The minimum atomic E-state index is -0.722. The zero-order valence-corrected chi connectivity index (χ0v) is 13.3. The van der Waals surface area contributed by atoms with Crippen LogP contribution in [0.1, 0.15) is 34.8 Å². The van der Waals surface area contributed by atoms with Crippen LogP contribution in [0.15, 0.2) is 40.8 Å². The average molecular weight is 331 g/mol. The van der Waals surface area contributed by atoms with Gasteiger partial charge >= 0.3 is 5.88 Å². The van der Waals surface area contributed by atoms with Crippen LogP contribution >= 0.6 is 0 Å². The van der Waals surface area contributed by atoms with E-state index < -0.39 is 16.7 Å². The van der Waals surface area contributed by atoms with Gasteiger partial charge in [0.05, 0.1) is 6.07 Å². The fraction of sp³-hybridized carbons (Fsp3) is 0.250. The molecule has 0 aliphatic rings. The molecule has 0 spiro atoms. The fourth-order valence-electron chi connectivity index (χ4n) is 2.16. The highest BCUT2D eigenvalue weighted by molar-refractivity contribution is 6.03. The van der Waals surface area contributed by atoms with Crippen molar-refractivity contribution in [2.45, 2.75) is 13.8 Å². The molecule has 0 atom stereocenters. The molecule has 1 heterocycles. The number of carbonyl (C=O) groups excluding carboxylic acids is 2. The normalized spacial score (nSPS) is 10.2. The third-order valence-electron chi connectivity index (χ3n) is 3.41. The van der Waals surface area contributed by atoms with Crippen LogP contribution in [0.5, 0.6) is 0 Å². The fourth-order valence-corrected chi connectivity index (χ4v) is 2.16. The minimum Gasteiger partial charge on any atom is -0.395 e. The molecule has 1 aromatic heterocycles. The van der Waals surface area contributed by atoms with E-state index in [0.717, 1.165) is 6.07 Å². The van der Waals surface area contributed by atoms with E-state index in [1.54, 1.807) is 29.2 Å². The first-order valence-corrected chi connectivity index (χ1v) is 7.41. The van der Waals surface area contributed by atoms with Gasteiger partial charge in [-0.05, 0) is 38.1 Å². The molecule has 2 rings (SSSR count). The molecule has 8 heteroatoms. The van der Waals surface area contributed by atoms with E-state index in [4.69, 9.17) is 4.42 Å². The highest BCUT2D eigenvalue weighted by atomic mass is 16.6. The predicted octanol–water partition coefficient (Wildman–Crippen LogP) is 2.92. The molecule has 8 nitrogen and oxygen atoms in total. The molecule has 0 unspecified atom stereocenters. The van der Waals surface area contributed by atoms with E-state index in [2.05, 4.69) is 5.32 Å². The van der Waals surface area contributed by atoms with E-state index in [0.29, 0.717) is 24.3 Å². The molecule has 2 amide bonds. The number of amides is 2. The number of benzene rings is 1. The van der Waals surface area contributed by atoms with Crippen LogP contribution in [0.25, 0.3) is 0 Å². The first-order chi connectivity index (χ1) is 11.5. The lowest BCUT2D eigenvalue weighted by Gasteiger charge is -2.18. The number of hydrogen-bond donors (Lipinski definition) is 1. The van der Waals surface area contributed by atoms with Crippen molar-refractivity contribution in [2.24, 2.45) is 0 Å². The summed E-state index contributed by atoms with van der Waals surface area (Å²) >= 11 is 0. The van der Waals surface area contributed by atoms with Crippen LogP contribution in [0, 0.1) is 10.1 Å². The van der Waals surface area contributed by atoms with Crippen molar-refractivity contribution in [1.29, 1.82) is 0 Å². The zero-order chi connectivity index (χ0) is 17.7. The van der Waals surface area contributed by atoms with Crippen molar-refractivity contribution in [2.75, 3.05) is 18.4 Å². The maximum atomic E-state index is 12.3. The lowest BCUT2D eigenvalue weighted by atomic mass is 10.1. The van der Waals surface area contributed by atoms with Gasteiger partial charge in [-0.3, -0.25) is 19.7 Å². The Kier molecular flexibility index (Phi) is 5.31. The Bertz CT molecular complexity index is 765. The van der Waals surface area contributed by atoms with E-state index in [1.807, 2.05) is 13.8 Å². The van der Waals surface area contributed by atoms with Crippen LogP contribution in [-0.2, 0) is 0 Å². The molecule has 0 saturated heterocycles. The Hall–Kier alpha value is -3.16. The molecular weight excluding hydrogens is 314 g/mol. The summed E-state index contributed by atoms with van der Waals surface area (Å²) in [5.41, 5.74) is 0.846. The van der Waals surface area contributed by atoms with Gasteiger partial charge in [0.2, 0.25) is 0 Å². The molecule has 0 radical (unpaired) electrons. The first-order valence-electron chi connectivity index (χ1n) is 7.41. The molecule has 24 heavy (non-hydrogen) atoms. The summed E-state index contributed by atoms with van der Waals surface area (Å²) in [6.45, 7) is 4.94. The third kappa shape index (κ3) is 3.78. The summed E-state index contributed by atoms with van der Waals surface area (Å²) in [5.74, 6) is -1.45. The van der Waals surface area contributed by atoms with Gasteiger partial charge < -0.3 is 14.6 Å². The maximum absolute atomic E-state index is 12.3. The third-order valence-corrected chi connectivity index (χ3v) is 3.41. The highest BCUT2D eigenvalue weighted by Gasteiger charge is 2.18. The summed E-state index contributed by atoms with van der Waals surface area (Å²) in [6, 6.07) is 8.81. The minimum absolute atomic E-state index is 0.135. The maximum Gasteiger partial charge on any atom is 0.433 e. The molecule has 1 aromatic carbocycles. The number of hydrogen-bond acceptors (Lipinski definition) is 5. The monoisotopic (exact) mass is 331 g/mol. The second-order valence-electron chi connectivity index (χ2n) is 4.91. The molecule has 126 valence electrons. The van der Waals surface area contributed by atoms with Gasteiger partial charge in [0.1, 0.15) is 4.92 Å². The standard InChI is InChI=1S/C16H17N3O5/c1-3-18(4-2)16(21)11-6-5-7-12(10-11)17-15(20)13-8-9-14(24-13)19(22)23/h5-10H,3-4H2,1-2H3,(H,17,20). The zero-order valence-electron chi connectivity index (χ0n) is 13.3. The van der Waals surface area contributed by atoms with E-state index >= 15 is 0 Å². The average Bonchev–Trinajstić information content (AvgIpc) is 3.06. The molecule has 0 saturated carbocycles. The smallest absolute Gasteiger partial charge is 0.395 e. The summed E-state index contributed by atoms with van der Waals surface area (Å²) < 4.78 is 4.84. The number of nitrogens with zero attached hydrogens (tertiary/aromatic N) is 2. The predicted molar refractivity (Wildman–Crippen MR) is 87.0 cm³/mol. The Morgan fingerprint density at radius 3 is 2.50 bits per heavy atom. The molecule has 0 aliphatic carbocycles. The van der Waals surface area contributed by atoms with Gasteiger partial charge in [0.15, 0.2) is 5.76 Å². The second kappa shape index (κ2) is 7.40. The van der Waals surface area contributed by atoms with Crippen molar-refractivity contribution in [3.8, 4) is 0 Å². The van der Waals surface area contributed by atoms with Crippen molar-refractivity contribution in [3.05, 3.63) is 57.8 Å². The topological polar surface area (TPSA) is 106 Å². The van der Waals surface area contributed by atoms with Crippen molar-refractivity contribution < 1.29 is 18.9 Å². The number of nitro groups is 1. The summed E-state index contributed by atoms with van der Waals surface area (Å²) in [7, 11) is 0. The summed E-state index contributed by atoms with van der Waals surface area (Å²) in [5, 5.41) is 13.1.